The maximum absolute atomic E-state index is 12.2. The lowest BCUT2D eigenvalue weighted by Crippen LogP contribution is -2.33. The van der Waals surface area contributed by atoms with Gasteiger partial charge in [-0.05, 0) is 44.2 Å². The van der Waals surface area contributed by atoms with Gasteiger partial charge in [0.1, 0.15) is 0 Å². The number of hydrogen-bond acceptors (Lipinski definition) is 5. The van der Waals surface area contributed by atoms with Crippen LogP contribution in [0.5, 0.6) is 0 Å². The second-order valence-electron chi connectivity index (χ2n) is 4.40. The van der Waals surface area contributed by atoms with Gasteiger partial charge >= 0.3 is 0 Å². The summed E-state index contributed by atoms with van der Waals surface area (Å²) in [5.74, 6) is -0.324. The van der Waals surface area contributed by atoms with E-state index in [4.69, 9.17) is 5.73 Å². The van der Waals surface area contributed by atoms with Crippen molar-refractivity contribution in [1.82, 2.24) is 9.44 Å². The van der Waals surface area contributed by atoms with Crippen molar-refractivity contribution in [1.29, 1.82) is 0 Å². The third-order valence-corrected chi connectivity index (χ3v) is 5.85. The van der Waals surface area contributed by atoms with Crippen LogP contribution in [-0.2, 0) is 20.0 Å². The van der Waals surface area contributed by atoms with Crippen molar-refractivity contribution in [3.8, 4) is 0 Å². The fraction of sp³-hybridized carbons (Fsp3) is 0.455. The van der Waals surface area contributed by atoms with Gasteiger partial charge in [-0.2, -0.15) is 0 Å². The van der Waals surface area contributed by atoms with Crippen LogP contribution in [0.4, 0.5) is 5.69 Å². The van der Waals surface area contributed by atoms with Crippen LogP contribution in [-0.4, -0.2) is 36.2 Å². The topological polar surface area (TPSA) is 118 Å². The summed E-state index contributed by atoms with van der Waals surface area (Å²) in [7, 11) is -5.94. The van der Waals surface area contributed by atoms with E-state index in [1.807, 2.05) is 0 Å². The highest BCUT2D eigenvalue weighted by molar-refractivity contribution is 7.90. The third kappa shape index (κ3) is 4.17. The normalized spacial score (nSPS) is 12.6. The lowest BCUT2D eigenvalue weighted by Gasteiger charge is -2.13. The van der Waals surface area contributed by atoms with Crippen LogP contribution in [0, 0.1) is 13.8 Å². The van der Waals surface area contributed by atoms with Crippen molar-refractivity contribution in [2.24, 2.45) is 0 Å². The van der Waals surface area contributed by atoms with Crippen molar-refractivity contribution in [3.63, 3.8) is 0 Å². The Morgan fingerprint density at radius 3 is 2.05 bits per heavy atom. The van der Waals surface area contributed by atoms with Crippen LogP contribution in [0.2, 0.25) is 0 Å². The predicted octanol–water partition coefficient (Wildman–Crippen LogP) is -0.287. The Balaban J connectivity index is 2.96. The first-order chi connectivity index (χ1) is 9.09. The van der Waals surface area contributed by atoms with Gasteiger partial charge in [-0.1, -0.05) is 0 Å². The van der Waals surface area contributed by atoms with Crippen molar-refractivity contribution < 1.29 is 16.8 Å². The molecule has 1 rings (SSSR count). The molecule has 0 heterocycles. The summed E-state index contributed by atoms with van der Waals surface area (Å²) in [4.78, 5) is 0.133. The van der Waals surface area contributed by atoms with Crippen molar-refractivity contribution in [3.05, 3.63) is 23.3 Å². The summed E-state index contributed by atoms with van der Waals surface area (Å²) in [6, 6.07) is 3.12. The molecule has 0 aliphatic carbocycles. The Labute approximate surface area is 119 Å². The van der Waals surface area contributed by atoms with Crippen LogP contribution in [0.25, 0.3) is 0 Å². The zero-order valence-electron chi connectivity index (χ0n) is 11.6. The van der Waals surface area contributed by atoms with Gasteiger partial charge in [0.05, 0.1) is 10.6 Å². The smallest absolute Gasteiger partial charge is 0.241 e. The summed E-state index contributed by atoms with van der Waals surface area (Å²) in [6.45, 7) is 3.08. The summed E-state index contributed by atoms with van der Waals surface area (Å²) in [5.41, 5.74) is 7.17. The Morgan fingerprint density at radius 2 is 1.60 bits per heavy atom. The Morgan fingerprint density at radius 1 is 1.10 bits per heavy atom. The van der Waals surface area contributed by atoms with E-state index in [1.165, 1.54) is 7.05 Å². The first-order valence-corrected chi connectivity index (χ1v) is 9.00. The molecule has 0 spiro atoms. The summed E-state index contributed by atoms with van der Waals surface area (Å²) in [6.07, 6.45) is 0. The van der Waals surface area contributed by atoms with E-state index in [0.29, 0.717) is 16.8 Å². The third-order valence-electron chi connectivity index (χ3n) is 2.73. The minimum atomic E-state index is -3.77. The minimum Gasteiger partial charge on any atom is -0.399 e. The van der Waals surface area contributed by atoms with Crippen molar-refractivity contribution >= 4 is 25.7 Å². The monoisotopic (exact) mass is 321 g/mol. The van der Waals surface area contributed by atoms with E-state index < -0.39 is 20.0 Å². The molecule has 4 N–H and O–H groups in total. The van der Waals surface area contributed by atoms with Gasteiger partial charge in [-0.25, -0.2) is 26.3 Å². The summed E-state index contributed by atoms with van der Waals surface area (Å²) < 4.78 is 51.3. The fourth-order valence-corrected chi connectivity index (χ4v) is 4.08. The van der Waals surface area contributed by atoms with E-state index in [9.17, 15) is 16.8 Å². The maximum atomic E-state index is 12.2. The number of rotatable bonds is 6. The number of nitrogens with two attached hydrogens (primary N) is 1. The fourth-order valence-electron chi connectivity index (χ4n) is 1.89. The molecular weight excluding hydrogens is 302 g/mol. The molecule has 9 heteroatoms. The van der Waals surface area contributed by atoms with Crippen LogP contribution < -0.4 is 15.2 Å². The van der Waals surface area contributed by atoms with Crippen molar-refractivity contribution in [2.45, 2.75) is 18.7 Å². The molecule has 7 nitrogen and oxygen atoms in total. The quantitative estimate of drug-likeness (QED) is 0.622. The van der Waals surface area contributed by atoms with Gasteiger partial charge in [0.25, 0.3) is 0 Å². The molecule has 1 aromatic carbocycles. The number of aryl methyl sites for hydroxylation is 2. The molecule has 0 fully saturated rings. The molecule has 114 valence electrons. The highest BCUT2D eigenvalue weighted by Crippen LogP contribution is 2.22. The number of nitrogen functional groups attached to an aromatic ring is 1. The lowest BCUT2D eigenvalue weighted by atomic mass is 10.1. The number of benzene rings is 1. The number of nitrogens with one attached hydrogen (secondary N) is 2. The molecule has 0 aliphatic heterocycles. The van der Waals surface area contributed by atoms with Crippen LogP contribution in [0.15, 0.2) is 17.0 Å². The average Bonchev–Trinajstić information content (AvgIpc) is 2.26. The van der Waals surface area contributed by atoms with E-state index in [1.54, 1.807) is 26.0 Å². The molecule has 0 radical (unpaired) electrons. The molecule has 0 saturated carbocycles. The molecule has 20 heavy (non-hydrogen) atoms. The van der Waals surface area contributed by atoms with Gasteiger partial charge in [0, 0.05) is 12.2 Å². The molecule has 0 aliphatic rings. The van der Waals surface area contributed by atoms with Gasteiger partial charge in [-0.15, -0.1) is 0 Å². The molecule has 0 atom stereocenters. The zero-order valence-corrected chi connectivity index (χ0v) is 13.2. The SMILES string of the molecule is CNS(=O)(=O)CCNS(=O)(=O)c1c(C)cc(N)cc1C. The Kier molecular flexibility index (Phi) is 5.14. The Hall–Kier alpha value is -1.16. The molecule has 0 aromatic heterocycles. The molecule has 0 unspecified atom stereocenters. The second kappa shape index (κ2) is 6.08. The van der Waals surface area contributed by atoms with Gasteiger partial charge < -0.3 is 5.73 Å². The number of sulfonamides is 2. The van der Waals surface area contributed by atoms with E-state index >= 15 is 0 Å². The summed E-state index contributed by atoms with van der Waals surface area (Å²) in [5, 5.41) is 0. The highest BCUT2D eigenvalue weighted by Gasteiger charge is 2.20. The van der Waals surface area contributed by atoms with Crippen LogP contribution in [0.1, 0.15) is 11.1 Å². The first kappa shape index (κ1) is 16.9. The standard InChI is InChI=1S/C11H19N3O4S2/c1-8-6-10(12)7-9(2)11(8)20(17,18)14-4-5-19(15,16)13-3/h6-7,13-14H,4-5,12H2,1-3H3. The minimum absolute atomic E-state index is 0.133. The van der Waals surface area contributed by atoms with Crippen LogP contribution >= 0.6 is 0 Å². The van der Waals surface area contributed by atoms with E-state index in [0.717, 1.165) is 0 Å². The molecular formula is C11H19N3O4S2. The number of hydrogen-bond donors (Lipinski definition) is 3. The van der Waals surface area contributed by atoms with Gasteiger partial charge in [-0.3, -0.25) is 0 Å². The molecule has 0 bridgehead atoms. The second-order valence-corrected chi connectivity index (χ2v) is 8.15. The summed E-state index contributed by atoms with van der Waals surface area (Å²) >= 11 is 0. The van der Waals surface area contributed by atoms with Gasteiger partial charge in [0.2, 0.25) is 20.0 Å². The van der Waals surface area contributed by atoms with E-state index in [2.05, 4.69) is 9.44 Å². The van der Waals surface area contributed by atoms with Crippen LogP contribution in [0.3, 0.4) is 0 Å². The Bertz CT molecular complexity index is 673. The first-order valence-electron chi connectivity index (χ1n) is 5.86. The molecule has 0 amide bonds. The molecule has 0 saturated heterocycles. The zero-order chi connectivity index (χ0) is 15.6. The number of anilines is 1. The largest absolute Gasteiger partial charge is 0.399 e. The highest BCUT2D eigenvalue weighted by atomic mass is 32.2. The van der Waals surface area contributed by atoms with Crippen molar-refractivity contribution in [2.75, 3.05) is 25.1 Å². The lowest BCUT2D eigenvalue weighted by molar-refractivity contribution is 0.578. The van der Waals surface area contributed by atoms with E-state index in [-0.39, 0.29) is 17.2 Å². The molecule has 1 aromatic rings. The maximum Gasteiger partial charge on any atom is 0.241 e. The predicted molar refractivity (Wildman–Crippen MR) is 78.4 cm³/mol. The van der Waals surface area contributed by atoms with Gasteiger partial charge in [0.15, 0.2) is 0 Å². The average molecular weight is 321 g/mol.